The first-order valence-corrected chi connectivity index (χ1v) is 6.21. The molecule has 1 aromatic heterocycles. The van der Waals surface area contributed by atoms with Gasteiger partial charge in [-0.1, -0.05) is 0 Å². The van der Waals surface area contributed by atoms with E-state index in [0.717, 1.165) is 6.42 Å². The van der Waals surface area contributed by atoms with Gasteiger partial charge in [-0.05, 0) is 27.2 Å². The van der Waals surface area contributed by atoms with Crippen LogP contribution in [0.1, 0.15) is 38.0 Å². The van der Waals surface area contributed by atoms with Gasteiger partial charge in [0.15, 0.2) is 0 Å². The lowest BCUT2D eigenvalue weighted by atomic mass is 10.2. The minimum absolute atomic E-state index is 0.218. The Kier molecular flexibility index (Phi) is 2.88. The quantitative estimate of drug-likeness (QED) is 0.864. The summed E-state index contributed by atoms with van der Waals surface area (Å²) in [5.41, 5.74) is 1.39. The van der Waals surface area contributed by atoms with Crippen molar-refractivity contribution in [2.45, 2.75) is 44.8 Å². The van der Waals surface area contributed by atoms with E-state index >= 15 is 0 Å². The molecule has 1 saturated carbocycles. The molecule has 0 bridgehead atoms. The van der Waals surface area contributed by atoms with Crippen LogP contribution in [-0.2, 0) is 4.74 Å². The molecule has 0 radical (unpaired) electrons. The molecule has 1 aromatic rings. The Morgan fingerprint density at radius 3 is 2.94 bits per heavy atom. The van der Waals surface area contributed by atoms with Gasteiger partial charge in [-0.25, -0.2) is 4.79 Å². The Hall–Kier alpha value is -1.10. The first-order chi connectivity index (χ1) is 7.46. The minimum atomic E-state index is -0.432. The zero-order valence-electron chi connectivity index (χ0n) is 9.69. The summed E-state index contributed by atoms with van der Waals surface area (Å²) in [5.74, 6) is 0.431. The highest BCUT2D eigenvalue weighted by atomic mass is 32.1. The van der Waals surface area contributed by atoms with Crippen LogP contribution in [0.3, 0.4) is 0 Å². The summed E-state index contributed by atoms with van der Waals surface area (Å²) in [6.45, 7) is 5.58. The lowest BCUT2D eigenvalue weighted by Gasteiger charge is -2.19. The highest BCUT2D eigenvalue weighted by Crippen LogP contribution is 2.42. The number of ether oxygens (including phenoxy) is 1. The van der Waals surface area contributed by atoms with Crippen LogP contribution in [0.2, 0.25) is 0 Å². The number of rotatable bonds is 2. The maximum absolute atomic E-state index is 11.5. The first-order valence-electron chi connectivity index (χ1n) is 5.33. The number of alkyl carbamates (subject to hydrolysis) is 1. The van der Waals surface area contributed by atoms with E-state index in [1.807, 2.05) is 32.5 Å². The highest BCUT2D eigenvalue weighted by molar-refractivity contribution is 7.09. The largest absolute Gasteiger partial charge is 0.444 e. The van der Waals surface area contributed by atoms with Gasteiger partial charge < -0.3 is 10.1 Å². The lowest BCUT2D eigenvalue weighted by molar-refractivity contribution is 0.0523. The third-order valence-electron chi connectivity index (χ3n) is 2.31. The average Bonchev–Trinajstić information content (AvgIpc) is 2.70. The molecule has 0 spiro atoms. The molecule has 0 saturated heterocycles. The molecule has 2 rings (SSSR count). The molecule has 1 N–H and O–H groups in total. The van der Waals surface area contributed by atoms with Crippen molar-refractivity contribution in [3.63, 3.8) is 0 Å². The Morgan fingerprint density at radius 2 is 2.38 bits per heavy atom. The van der Waals surface area contributed by atoms with Gasteiger partial charge in [-0.15, -0.1) is 11.3 Å². The van der Waals surface area contributed by atoms with E-state index in [0.29, 0.717) is 5.92 Å². The third kappa shape index (κ3) is 2.95. The number of nitrogens with one attached hydrogen (secondary N) is 1. The fraction of sp³-hybridized carbons (Fsp3) is 0.636. The number of carbonyl (C=O) groups excluding carboxylic acids is 1. The van der Waals surface area contributed by atoms with Gasteiger partial charge in [-0.3, -0.25) is 4.98 Å². The standard InChI is InChI=1S/C11H16N2O2S/c1-11(2,3)15-10(14)13-8-4-7(8)9-5-12-6-16-9/h5-8H,4H2,1-3H3,(H,13,14)/t7-,8-/m0/s1. The topological polar surface area (TPSA) is 51.2 Å². The Bertz CT molecular complexity index is 370. The first kappa shape index (κ1) is 11.4. The highest BCUT2D eigenvalue weighted by Gasteiger charge is 2.41. The summed E-state index contributed by atoms with van der Waals surface area (Å²) in [5, 5.41) is 2.87. The molecule has 1 aliphatic rings. The van der Waals surface area contributed by atoms with Crippen LogP contribution in [0.5, 0.6) is 0 Å². The van der Waals surface area contributed by atoms with Crippen molar-refractivity contribution < 1.29 is 9.53 Å². The van der Waals surface area contributed by atoms with Crippen LogP contribution >= 0.6 is 11.3 Å². The van der Waals surface area contributed by atoms with Crippen LogP contribution < -0.4 is 5.32 Å². The van der Waals surface area contributed by atoms with Gasteiger partial charge in [0.1, 0.15) is 5.60 Å². The van der Waals surface area contributed by atoms with Crippen LogP contribution in [0, 0.1) is 0 Å². The zero-order valence-corrected chi connectivity index (χ0v) is 10.5. The van der Waals surface area contributed by atoms with Crippen molar-refractivity contribution in [2.75, 3.05) is 0 Å². The van der Waals surface area contributed by atoms with Crippen LogP contribution in [0.15, 0.2) is 11.7 Å². The SMILES string of the molecule is CC(C)(C)OC(=O)N[C@H]1C[C@@H]1c1cncs1. The fourth-order valence-electron chi connectivity index (χ4n) is 1.54. The number of amides is 1. The molecule has 16 heavy (non-hydrogen) atoms. The fourth-order valence-corrected chi connectivity index (χ4v) is 2.34. The summed E-state index contributed by atoms with van der Waals surface area (Å²) in [6.07, 6.45) is 2.53. The molecule has 1 aliphatic carbocycles. The lowest BCUT2D eigenvalue weighted by Crippen LogP contribution is -2.34. The van der Waals surface area contributed by atoms with Gasteiger partial charge in [-0.2, -0.15) is 0 Å². The third-order valence-corrected chi connectivity index (χ3v) is 3.22. The van der Waals surface area contributed by atoms with E-state index in [2.05, 4.69) is 10.3 Å². The molecule has 5 heteroatoms. The van der Waals surface area contributed by atoms with Crippen molar-refractivity contribution in [1.29, 1.82) is 0 Å². The molecule has 2 atom stereocenters. The molecule has 1 amide bonds. The summed E-state index contributed by atoms with van der Waals surface area (Å²) < 4.78 is 5.19. The molecule has 1 heterocycles. The van der Waals surface area contributed by atoms with Crippen LogP contribution in [0.25, 0.3) is 0 Å². The van der Waals surface area contributed by atoms with Gasteiger partial charge in [0, 0.05) is 23.0 Å². The van der Waals surface area contributed by atoms with E-state index in [9.17, 15) is 4.79 Å². The van der Waals surface area contributed by atoms with Crippen molar-refractivity contribution in [2.24, 2.45) is 0 Å². The van der Waals surface area contributed by atoms with E-state index in [1.165, 1.54) is 4.88 Å². The number of aromatic nitrogens is 1. The number of hydrogen-bond donors (Lipinski definition) is 1. The predicted molar refractivity (Wildman–Crippen MR) is 62.6 cm³/mol. The molecule has 4 nitrogen and oxygen atoms in total. The molecule has 0 aliphatic heterocycles. The predicted octanol–water partition coefficient (Wildman–Crippen LogP) is 2.52. The molecule has 1 fully saturated rings. The van der Waals surface area contributed by atoms with E-state index in [4.69, 9.17) is 4.74 Å². The number of hydrogen-bond acceptors (Lipinski definition) is 4. The van der Waals surface area contributed by atoms with Crippen molar-refractivity contribution in [3.05, 3.63) is 16.6 Å². The van der Waals surface area contributed by atoms with E-state index in [1.54, 1.807) is 11.3 Å². The zero-order chi connectivity index (χ0) is 11.8. The van der Waals surface area contributed by atoms with Crippen molar-refractivity contribution >= 4 is 17.4 Å². The van der Waals surface area contributed by atoms with E-state index < -0.39 is 5.60 Å². The molecule has 0 unspecified atom stereocenters. The number of carbonyl (C=O) groups is 1. The van der Waals surface area contributed by atoms with Crippen LogP contribution in [0.4, 0.5) is 4.79 Å². The Morgan fingerprint density at radius 1 is 1.62 bits per heavy atom. The van der Waals surface area contributed by atoms with Crippen molar-refractivity contribution in [3.8, 4) is 0 Å². The van der Waals surface area contributed by atoms with Gasteiger partial charge in [0.2, 0.25) is 0 Å². The van der Waals surface area contributed by atoms with E-state index in [-0.39, 0.29) is 12.1 Å². The van der Waals surface area contributed by atoms with Crippen LogP contribution in [-0.4, -0.2) is 22.7 Å². The maximum Gasteiger partial charge on any atom is 0.407 e. The summed E-state index contributed by atoms with van der Waals surface area (Å²) >= 11 is 1.63. The molecule has 88 valence electrons. The summed E-state index contributed by atoms with van der Waals surface area (Å²) in [7, 11) is 0. The van der Waals surface area contributed by atoms with Crippen molar-refractivity contribution in [1.82, 2.24) is 10.3 Å². The Balaban J connectivity index is 1.79. The van der Waals surface area contributed by atoms with Gasteiger partial charge in [0.05, 0.1) is 5.51 Å². The molecular formula is C11H16N2O2S. The molecule has 0 aromatic carbocycles. The average molecular weight is 240 g/mol. The summed E-state index contributed by atoms with van der Waals surface area (Å²) in [6, 6.07) is 0.218. The second-order valence-electron chi connectivity index (χ2n) is 5.00. The summed E-state index contributed by atoms with van der Waals surface area (Å²) in [4.78, 5) is 16.7. The second-order valence-corrected chi connectivity index (χ2v) is 5.92. The van der Waals surface area contributed by atoms with Gasteiger partial charge >= 0.3 is 6.09 Å². The monoisotopic (exact) mass is 240 g/mol. The number of thiazole rings is 1. The molecular weight excluding hydrogens is 224 g/mol. The maximum atomic E-state index is 11.5. The smallest absolute Gasteiger partial charge is 0.407 e. The van der Waals surface area contributed by atoms with Gasteiger partial charge in [0.25, 0.3) is 0 Å². The number of nitrogens with zero attached hydrogens (tertiary/aromatic N) is 1. The normalized spacial score (nSPS) is 23.9. The minimum Gasteiger partial charge on any atom is -0.444 e. The second kappa shape index (κ2) is 4.05. The Labute approximate surface area is 99.0 Å².